The van der Waals surface area contributed by atoms with Gasteiger partial charge in [0.25, 0.3) is 11.7 Å². The Morgan fingerprint density at radius 3 is 2.59 bits per heavy atom. The summed E-state index contributed by atoms with van der Waals surface area (Å²) in [5, 5.41) is 0.667. The Bertz CT molecular complexity index is 1280. The molecule has 34 heavy (non-hydrogen) atoms. The van der Waals surface area contributed by atoms with Gasteiger partial charge in [0, 0.05) is 41.9 Å². The minimum atomic E-state index is -0.531. The molecule has 176 valence electrons. The number of Topliss-reactive ketones (excluding diaryl/α,β-unsaturated/α-hetero) is 1. The molecule has 1 aromatic heterocycles. The van der Waals surface area contributed by atoms with Crippen LogP contribution in [0.15, 0.2) is 48.7 Å². The van der Waals surface area contributed by atoms with Crippen molar-refractivity contribution >= 4 is 34.2 Å². The second-order valence-electron chi connectivity index (χ2n) is 9.29. The number of carbonyl (C=O) groups excluding carboxylic acids is 3. The lowest BCUT2D eigenvalue weighted by molar-refractivity contribution is -0.127. The summed E-state index contributed by atoms with van der Waals surface area (Å²) >= 11 is 0. The van der Waals surface area contributed by atoms with Crippen molar-refractivity contribution in [3.63, 3.8) is 0 Å². The molecule has 0 bridgehead atoms. The fourth-order valence-corrected chi connectivity index (χ4v) is 5.24. The number of anilines is 1. The Morgan fingerprint density at radius 2 is 1.79 bits per heavy atom. The van der Waals surface area contributed by atoms with Crippen LogP contribution in [0.25, 0.3) is 10.9 Å². The van der Waals surface area contributed by atoms with Crippen molar-refractivity contribution in [1.29, 1.82) is 0 Å². The van der Waals surface area contributed by atoms with Gasteiger partial charge in [-0.2, -0.15) is 0 Å². The third kappa shape index (κ3) is 4.00. The van der Waals surface area contributed by atoms with E-state index in [0.717, 1.165) is 48.9 Å². The SMILES string of the molecule is C[C@H]1CCc2cc(F)ccc2N1C(=O)Cn1cc(C(=O)C(=O)N2CCCCC2)c2ccccc21. The number of piperidine rings is 1. The van der Waals surface area contributed by atoms with E-state index in [2.05, 4.69) is 0 Å². The first-order valence-electron chi connectivity index (χ1n) is 12.0. The first-order valence-corrected chi connectivity index (χ1v) is 12.0. The molecular weight excluding hydrogens is 433 g/mol. The number of fused-ring (bicyclic) bond motifs is 2. The van der Waals surface area contributed by atoms with Crippen molar-refractivity contribution in [2.75, 3.05) is 18.0 Å². The summed E-state index contributed by atoms with van der Waals surface area (Å²) in [6.45, 7) is 3.22. The predicted molar refractivity (Wildman–Crippen MR) is 128 cm³/mol. The van der Waals surface area contributed by atoms with Gasteiger partial charge in [0.15, 0.2) is 0 Å². The number of benzene rings is 2. The highest BCUT2D eigenvalue weighted by molar-refractivity contribution is 6.44. The van der Waals surface area contributed by atoms with Gasteiger partial charge in [-0.3, -0.25) is 14.4 Å². The molecule has 0 spiro atoms. The van der Waals surface area contributed by atoms with Gasteiger partial charge in [0.2, 0.25) is 5.91 Å². The number of hydrogen-bond acceptors (Lipinski definition) is 3. The number of amides is 2. The van der Waals surface area contributed by atoms with Crippen LogP contribution in [0.1, 0.15) is 48.5 Å². The predicted octanol–water partition coefficient (Wildman–Crippen LogP) is 4.34. The lowest BCUT2D eigenvalue weighted by atomic mass is 9.96. The number of para-hydroxylation sites is 1. The van der Waals surface area contributed by atoms with Crippen LogP contribution in [0, 0.1) is 5.82 Å². The molecule has 7 heteroatoms. The van der Waals surface area contributed by atoms with Crippen molar-refractivity contribution in [3.8, 4) is 0 Å². The van der Waals surface area contributed by atoms with Crippen molar-refractivity contribution in [3.05, 3.63) is 65.6 Å². The molecule has 0 saturated carbocycles. The lowest BCUT2D eigenvalue weighted by Gasteiger charge is -2.35. The third-order valence-corrected chi connectivity index (χ3v) is 7.02. The number of nitrogens with zero attached hydrogens (tertiary/aromatic N) is 3. The van der Waals surface area contributed by atoms with E-state index < -0.39 is 11.7 Å². The zero-order chi connectivity index (χ0) is 23.8. The minimum absolute atomic E-state index is 0.0194. The molecule has 2 amide bonds. The van der Waals surface area contributed by atoms with Crippen LogP contribution < -0.4 is 4.90 Å². The molecule has 1 atom stereocenters. The van der Waals surface area contributed by atoms with E-state index in [1.807, 2.05) is 31.2 Å². The van der Waals surface area contributed by atoms with Gasteiger partial charge in [0.05, 0.1) is 5.56 Å². The summed E-state index contributed by atoms with van der Waals surface area (Å²) in [6.07, 6.45) is 6.00. The number of aromatic nitrogens is 1. The normalized spacial score (nSPS) is 18.1. The highest BCUT2D eigenvalue weighted by Crippen LogP contribution is 2.32. The topological polar surface area (TPSA) is 62.6 Å². The van der Waals surface area contributed by atoms with Crippen LogP contribution >= 0.6 is 0 Å². The maximum absolute atomic E-state index is 13.7. The zero-order valence-electron chi connectivity index (χ0n) is 19.3. The monoisotopic (exact) mass is 461 g/mol. The summed E-state index contributed by atoms with van der Waals surface area (Å²) in [5.41, 5.74) is 2.62. The number of hydrogen-bond donors (Lipinski definition) is 0. The second kappa shape index (κ2) is 9.05. The van der Waals surface area contributed by atoms with E-state index >= 15 is 0 Å². The molecular formula is C27H28FN3O3. The lowest BCUT2D eigenvalue weighted by Crippen LogP contribution is -2.43. The second-order valence-corrected chi connectivity index (χ2v) is 9.29. The van der Waals surface area contributed by atoms with Crippen LogP contribution in [0.2, 0.25) is 0 Å². The molecule has 2 aromatic carbocycles. The van der Waals surface area contributed by atoms with Gasteiger partial charge in [-0.25, -0.2) is 4.39 Å². The highest BCUT2D eigenvalue weighted by Gasteiger charge is 2.30. The van der Waals surface area contributed by atoms with E-state index in [0.29, 0.717) is 24.0 Å². The minimum Gasteiger partial charge on any atom is -0.337 e. The van der Waals surface area contributed by atoms with E-state index in [4.69, 9.17) is 0 Å². The van der Waals surface area contributed by atoms with Crippen LogP contribution in [0.3, 0.4) is 0 Å². The molecule has 0 unspecified atom stereocenters. The van der Waals surface area contributed by atoms with Crippen molar-refractivity contribution in [2.24, 2.45) is 0 Å². The fourth-order valence-electron chi connectivity index (χ4n) is 5.24. The summed E-state index contributed by atoms with van der Waals surface area (Å²) in [4.78, 5) is 42.9. The number of likely N-dealkylation sites (tertiary alicyclic amines) is 1. The maximum Gasteiger partial charge on any atom is 0.295 e. The number of rotatable bonds is 4. The fraction of sp³-hybridized carbons (Fsp3) is 0.370. The molecule has 0 radical (unpaired) electrons. The number of ketones is 1. The van der Waals surface area contributed by atoms with Crippen LogP contribution in [0.4, 0.5) is 10.1 Å². The molecule has 2 aliphatic heterocycles. The van der Waals surface area contributed by atoms with Gasteiger partial charge >= 0.3 is 0 Å². The van der Waals surface area contributed by atoms with Crippen molar-refractivity contribution < 1.29 is 18.8 Å². The molecule has 3 aromatic rings. The summed E-state index contributed by atoms with van der Waals surface area (Å²) < 4.78 is 15.5. The van der Waals surface area contributed by atoms with E-state index in [-0.39, 0.29) is 24.3 Å². The Labute approximate surface area is 197 Å². The molecule has 6 nitrogen and oxygen atoms in total. The number of carbonyl (C=O) groups is 3. The molecule has 3 heterocycles. The first kappa shape index (κ1) is 22.3. The number of aryl methyl sites for hydroxylation is 1. The van der Waals surface area contributed by atoms with Gasteiger partial charge in [-0.15, -0.1) is 0 Å². The van der Waals surface area contributed by atoms with Gasteiger partial charge in [-0.1, -0.05) is 18.2 Å². The summed E-state index contributed by atoms with van der Waals surface area (Å²) in [5.74, 6) is -1.45. The van der Waals surface area contributed by atoms with E-state index in [1.54, 1.807) is 26.6 Å². The highest BCUT2D eigenvalue weighted by atomic mass is 19.1. The Morgan fingerprint density at radius 1 is 1.03 bits per heavy atom. The quantitative estimate of drug-likeness (QED) is 0.429. The van der Waals surface area contributed by atoms with E-state index in [1.165, 1.54) is 12.1 Å². The van der Waals surface area contributed by atoms with Gasteiger partial charge in [-0.05, 0) is 68.9 Å². The molecule has 0 aliphatic carbocycles. The average Bonchev–Trinajstić information content (AvgIpc) is 3.22. The maximum atomic E-state index is 13.7. The van der Waals surface area contributed by atoms with Gasteiger partial charge in [0.1, 0.15) is 12.4 Å². The molecule has 1 saturated heterocycles. The van der Waals surface area contributed by atoms with Crippen LogP contribution in [0.5, 0.6) is 0 Å². The largest absolute Gasteiger partial charge is 0.337 e. The number of halogens is 1. The Hall–Kier alpha value is -3.48. The van der Waals surface area contributed by atoms with Crippen LogP contribution in [-0.4, -0.2) is 46.2 Å². The molecule has 5 rings (SSSR count). The standard InChI is InChI=1S/C27H28FN3O3/c1-18-9-10-19-15-20(28)11-12-23(19)31(18)25(32)17-30-16-22(21-7-3-4-8-24(21)30)26(33)27(34)29-13-5-2-6-14-29/h3-4,7-8,11-12,15-16,18H,2,5-6,9-10,13-14,17H2,1H3/t18-/m0/s1. The molecule has 0 N–H and O–H groups in total. The Kier molecular flexibility index (Phi) is 5.94. The smallest absolute Gasteiger partial charge is 0.295 e. The third-order valence-electron chi connectivity index (χ3n) is 7.02. The molecule has 2 aliphatic rings. The van der Waals surface area contributed by atoms with Crippen molar-refractivity contribution in [1.82, 2.24) is 9.47 Å². The summed E-state index contributed by atoms with van der Waals surface area (Å²) in [7, 11) is 0. The Balaban J connectivity index is 1.46. The molecule has 1 fully saturated rings. The van der Waals surface area contributed by atoms with Crippen molar-refractivity contribution in [2.45, 2.75) is 51.6 Å². The zero-order valence-corrected chi connectivity index (χ0v) is 19.3. The average molecular weight is 462 g/mol. The van der Waals surface area contributed by atoms with Gasteiger partial charge < -0.3 is 14.4 Å². The first-order chi connectivity index (χ1) is 16.4. The van der Waals surface area contributed by atoms with E-state index in [9.17, 15) is 18.8 Å². The van der Waals surface area contributed by atoms with Crippen LogP contribution in [-0.2, 0) is 22.6 Å². The summed E-state index contributed by atoms with van der Waals surface area (Å²) in [6, 6.07) is 11.9.